The molecule has 238 valence electrons. The van der Waals surface area contributed by atoms with Crippen LogP contribution in [0.5, 0.6) is 0 Å². The number of rotatable bonds is 5. The van der Waals surface area contributed by atoms with Gasteiger partial charge in [0, 0.05) is 16.5 Å². The van der Waals surface area contributed by atoms with Crippen LogP contribution in [0, 0.1) is 0 Å². The Morgan fingerprint density at radius 1 is 0.255 bits per heavy atom. The third-order valence-corrected chi connectivity index (χ3v) is 10.4. The molecule has 1 aromatic heterocycles. The van der Waals surface area contributed by atoms with Gasteiger partial charge in [0.05, 0.1) is 11.0 Å². The lowest BCUT2D eigenvalue weighted by molar-refractivity contribution is 1.18. The molecule has 1 heterocycles. The van der Waals surface area contributed by atoms with Crippen LogP contribution in [0.15, 0.2) is 200 Å². The highest BCUT2D eigenvalue weighted by Crippen LogP contribution is 2.38. The van der Waals surface area contributed by atoms with Gasteiger partial charge in [-0.25, -0.2) is 0 Å². The van der Waals surface area contributed by atoms with Crippen molar-refractivity contribution in [2.24, 2.45) is 0 Å². The fourth-order valence-corrected chi connectivity index (χ4v) is 7.88. The smallest absolute Gasteiger partial charge is 0.0541 e. The predicted molar refractivity (Wildman–Crippen MR) is 218 cm³/mol. The Kier molecular flexibility index (Phi) is 6.89. The highest BCUT2D eigenvalue weighted by atomic mass is 15.0. The zero-order valence-electron chi connectivity index (χ0n) is 28.0. The van der Waals surface area contributed by atoms with Crippen molar-refractivity contribution in [2.75, 3.05) is 0 Å². The van der Waals surface area contributed by atoms with Crippen molar-refractivity contribution in [2.45, 2.75) is 0 Å². The molecule has 0 aliphatic rings. The van der Waals surface area contributed by atoms with Gasteiger partial charge in [0.25, 0.3) is 0 Å². The third kappa shape index (κ3) is 5.02. The fourth-order valence-electron chi connectivity index (χ4n) is 7.88. The summed E-state index contributed by atoms with van der Waals surface area (Å²) in [5.74, 6) is 0. The molecule has 0 atom stereocenters. The predicted octanol–water partition coefficient (Wildman–Crippen LogP) is 13.8. The van der Waals surface area contributed by atoms with Crippen molar-refractivity contribution < 1.29 is 0 Å². The van der Waals surface area contributed by atoms with E-state index in [2.05, 4.69) is 205 Å². The zero-order valence-corrected chi connectivity index (χ0v) is 28.0. The summed E-state index contributed by atoms with van der Waals surface area (Å²) in [6.45, 7) is 0. The van der Waals surface area contributed by atoms with Gasteiger partial charge in [-0.1, -0.05) is 164 Å². The summed E-state index contributed by atoms with van der Waals surface area (Å²) in [6, 6.07) is 73.0. The van der Waals surface area contributed by atoms with Crippen LogP contribution in [0.3, 0.4) is 0 Å². The number of hydrogen-bond donors (Lipinski definition) is 0. The third-order valence-electron chi connectivity index (χ3n) is 10.4. The molecule has 51 heavy (non-hydrogen) atoms. The number of aromatic nitrogens is 1. The van der Waals surface area contributed by atoms with Crippen LogP contribution in [0.4, 0.5) is 0 Å². The molecule has 0 unspecified atom stereocenters. The van der Waals surface area contributed by atoms with E-state index in [4.69, 9.17) is 0 Å². The maximum Gasteiger partial charge on any atom is 0.0541 e. The molecule has 0 bridgehead atoms. The first kappa shape index (κ1) is 29.2. The minimum absolute atomic E-state index is 1.16. The lowest BCUT2D eigenvalue weighted by atomic mass is 9.95. The van der Waals surface area contributed by atoms with Crippen LogP contribution >= 0.6 is 0 Å². The second-order valence-corrected chi connectivity index (χ2v) is 13.3. The van der Waals surface area contributed by atoms with Gasteiger partial charge in [-0.05, 0) is 102 Å². The summed E-state index contributed by atoms with van der Waals surface area (Å²) in [4.78, 5) is 0. The quantitative estimate of drug-likeness (QED) is 0.175. The molecule has 0 spiro atoms. The Morgan fingerprint density at radius 3 is 1.14 bits per heavy atom. The van der Waals surface area contributed by atoms with E-state index in [1.54, 1.807) is 0 Å². The molecule has 0 aliphatic carbocycles. The zero-order chi connectivity index (χ0) is 33.7. The molecule has 9 aromatic carbocycles. The van der Waals surface area contributed by atoms with Gasteiger partial charge in [-0.3, -0.25) is 0 Å². The van der Waals surface area contributed by atoms with Crippen LogP contribution in [-0.2, 0) is 0 Å². The van der Waals surface area contributed by atoms with Crippen LogP contribution in [0.1, 0.15) is 0 Å². The number of hydrogen-bond acceptors (Lipinski definition) is 0. The number of benzene rings is 9. The number of fused-ring (bicyclic) bond motifs is 5. The van der Waals surface area contributed by atoms with E-state index in [1.807, 2.05) is 0 Å². The van der Waals surface area contributed by atoms with Crippen molar-refractivity contribution >= 4 is 43.4 Å². The molecular weight excluding hydrogens is 615 g/mol. The minimum Gasteiger partial charge on any atom is -0.309 e. The molecule has 10 aromatic rings. The maximum absolute atomic E-state index is 2.39. The first-order chi connectivity index (χ1) is 25.3. The molecule has 0 saturated carbocycles. The summed E-state index contributed by atoms with van der Waals surface area (Å²) in [5, 5.41) is 7.58. The molecule has 0 amide bonds. The lowest BCUT2D eigenvalue weighted by Gasteiger charge is -2.10. The molecule has 0 saturated heterocycles. The standard InChI is InChI=1S/C50H33N/c1-2-14-42(15-3-1)51-49-30-28-40(34-20-24-38(25-21-34)45-18-8-12-36-10-4-6-16-43(36)45)32-47(49)48-33-41(29-31-50(48)51)35-22-26-39(27-23-35)46-19-9-13-37-11-5-7-17-44(37)46/h1-33H. The van der Waals surface area contributed by atoms with Crippen LogP contribution in [0.2, 0.25) is 0 Å². The Hall–Kier alpha value is -6.70. The number of para-hydroxylation sites is 1. The van der Waals surface area contributed by atoms with Crippen LogP contribution < -0.4 is 0 Å². The van der Waals surface area contributed by atoms with E-state index in [1.165, 1.54) is 87.9 Å². The maximum atomic E-state index is 2.39. The Bertz CT molecular complexity index is 2690. The average Bonchev–Trinajstić information content (AvgIpc) is 3.54. The van der Waals surface area contributed by atoms with E-state index in [9.17, 15) is 0 Å². The molecule has 0 fully saturated rings. The van der Waals surface area contributed by atoms with Gasteiger partial charge in [-0.15, -0.1) is 0 Å². The highest BCUT2D eigenvalue weighted by Gasteiger charge is 2.15. The molecule has 10 rings (SSSR count). The second-order valence-electron chi connectivity index (χ2n) is 13.3. The second kappa shape index (κ2) is 12.0. The van der Waals surface area contributed by atoms with Crippen molar-refractivity contribution in [3.8, 4) is 50.2 Å². The molecule has 1 nitrogen and oxygen atoms in total. The first-order valence-corrected chi connectivity index (χ1v) is 17.6. The lowest BCUT2D eigenvalue weighted by Crippen LogP contribution is -1.93. The summed E-state index contributed by atoms with van der Waals surface area (Å²) in [6.07, 6.45) is 0. The average molecular weight is 648 g/mol. The Labute approximate surface area is 297 Å². The van der Waals surface area contributed by atoms with E-state index in [0.717, 1.165) is 5.69 Å². The van der Waals surface area contributed by atoms with Gasteiger partial charge in [0.2, 0.25) is 0 Å². The summed E-state index contributed by atoms with van der Waals surface area (Å²) < 4.78 is 2.39. The SMILES string of the molecule is c1ccc(-n2c3ccc(-c4ccc(-c5cccc6ccccc56)cc4)cc3c3cc(-c4ccc(-c5cccc6ccccc56)cc4)ccc32)cc1. The molecule has 0 aliphatic heterocycles. The van der Waals surface area contributed by atoms with Gasteiger partial charge in [-0.2, -0.15) is 0 Å². The van der Waals surface area contributed by atoms with Crippen LogP contribution in [0.25, 0.3) is 93.5 Å². The largest absolute Gasteiger partial charge is 0.309 e. The Balaban J connectivity index is 1.07. The van der Waals surface area contributed by atoms with Crippen LogP contribution in [-0.4, -0.2) is 4.57 Å². The summed E-state index contributed by atoms with van der Waals surface area (Å²) in [7, 11) is 0. The fraction of sp³-hybridized carbons (Fsp3) is 0. The van der Waals surface area contributed by atoms with Crippen molar-refractivity contribution in [1.29, 1.82) is 0 Å². The van der Waals surface area contributed by atoms with Crippen molar-refractivity contribution in [1.82, 2.24) is 4.57 Å². The van der Waals surface area contributed by atoms with Gasteiger partial charge in [0.1, 0.15) is 0 Å². The molecule has 1 heteroatoms. The number of nitrogens with zero attached hydrogens (tertiary/aromatic N) is 1. The summed E-state index contributed by atoms with van der Waals surface area (Å²) in [5.41, 5.74) is 13.4. The van der Waals surface area contributed by atoms with E-state index >= 15 is 0 Å². The normalized spacial score (nSPS) is 11.5. The van der Waals surface area contributed by atoms with Gasteiger partial charge >= 0.3 is 0 Å². The van der Waals surface area contributed by atoms with Gasteiger partial charge < -0.3 is 4.57 Å². The first-order valence-electron chi connectivity index (χ1n) is 17.6. The molecule has 0 radical (unpaired) electrons. The van der Waals surface area contributed by atoms with Crippen molar-refractivity contribution in [3.63, 3.8) is 0 Å². The topological polar surface area (TPSA) is 4.93 Å². The van der Waals surface area contributed by atoms with E-state index < -0.39 is 0 Å². The Morgan fingerprint density at radius 2 is 0.647 bits per heavy atom. The molecular formula is C50H33N. The highest BCUT2D eigenvalue weighted by molar-refractivity contribution is 6.12. The van der Waals surface area contributed by atoms with Crippen molar-refractivity contribution in [3.05, 3.63) is 200 Å². The molecule has 0 N–H and O–H groups in total. The minimum atomic E-state index is 1.16. The summed E-state index contributed by atoms with van der Waals surface area (Å²) >= 11 is 0. The monoisotopic (exact) mass is 647 g/mol. The van der Waals surface area contributed by atoms with E-state index in [-0.39, 0.29) is 0 Å². The van der Waals surface area contributed by atoms with Gasteiger partial charge in [0.15, 0.2) is 0 Å². The van der Waals surface area contributed by atoms with E-state index in [0.29, 0.717) is 0 Å².